The fourth-order valence-electron chi connectivity index (χ4n) is 2.01. The number of carbonyl (C=O) groups is 1. The topological polar surface area (TPSA) is 59.0 Å². The minimum absolute atomic E-state index is 0.139. The Kier molecular flexibility index (Phi) is 3.41. The molecule has 0 bridgehead atoms. The first-order valence-electron chi connectivity index (χ1n) is 6.82. The number of imidazole rings is 1. The molecular formula is C15H18N4O. The third kappa shape index (κ3) is 2.99. The summed E-state index contributed by atoms with van der Waals surface area (Å²) >= 11 is 0. The molecule has 3 rings (SSSR count). The third-order valence-corrected chi connectivity index (χ3v) is 3.49. The van der Waals surface area contributed by atoms with Crippen molar-refractivity contribution in [2.75, 3.05) is 10.6 Å². The second-order valence-corrected chi connectivity index (χ2v) is 5.19. The molecule has 1 aromatic heterocycles. The Labute approximate surface area is 118 Å². The van der Waals surface area contributed by atoms with Gasteiger partial charge >= 0.3 is 0 Å². The number of aromatic nitrogens is 2. The Balaban J connectivity index is 1.55. The van der Waals surface area contributed by atoms with Gasteiger partial charge in [-0.2, -0.15) is 0 Å². The number of nitrogens with one attached hydrogen (secondary N) is 2. The molecule has 1 heterocycles. The molecule has 2 N–H and O–H groups in total. The van der Waals surface area contributed by atoms with Gasteiger partial charge in [0.15, 0.2) is 0 Å². The molecular weight excluding hydrogens is 252 g/mol. The quantitative estimate of drug-likeness (QED) is 0.877. The number of hydrogen-bond acceptors (Lipinski definition) is 3. The van der Waals surface area contributed by atoms with Crippen molar-refractivity contribution in [2.45, 2.75) is 19.4 Å². The van der Waals surface area contributed by atoms with Crippen LogP contribution in [0.5, 0.6) is 0 Å². The summed E-state index contributed by atoms with van der Waals surface area (Å²) < 4.78 is 1.98. The summed E-state index contributed by atoms with van der Waals surface area (Å²) in [5, 5.41) is 6.26. The van der Waals surface area contributed by atoms with Crippen LogP contribution in [0.25, 0.3) is 0 Å². The van der Waals surface area contributed by atoms with Crippen LogP contribution in [0.4, 0.5) is 11.4 Å². The van der Waals surface area contributed by atoms with Crippen LogP contribution in [0.2, 0.25) is 0 Å². The predicted octanol–water partition coefficient (Wildman–Crippen LogP) is 2.38. The lowest BCUT2D eigenvalue weighted by atomic mass is 10.2. The van der Waals surface area contributed by atoms with E-state index in [1.54, 1.807) is 6.33 Å². The molecule has 0 saturated heterocycles. The summed E-state index contributed by atoms with van der Waals surface area (Å²) in [6, 6.07) is 7.79. The smallest absolute Gasteiger partial charge is 0.227 e. The number of amides is 1. The van der Waals surface area contributed by atoms with Gasteiger partial charge in [0.2, 0.25) is 5.91 Å². The molecule has 0 radical (unpaired) electrons. The standard InChI is InChI=1S/C15H18N4O/c1-19-10-16-8-14(19)9-17-12-4-6-13(7-5-12)18-15(20)11-2-3-11/h4-8,10-11,17H,2-3,9H2,1H3,(H,18,20). The Bertz CT molecular complexity index is 599. The Morgan fingerprint density at radius 3 is 2.60 bits per heavy atom. The molecule has 5 heteroatoms. The van der Waals surface area contributed by atoms with Crippen LogP contribution in [0.1, 0.15) is 18.5 Å². The normalized spacial score (nSPS) is 14.1. The van der Waals surface area contributed by atoms with Gasteiger partial charge in [-0.3, -0.25) is 4.79 Å². The summed E-state index contributed by atoms with van der Waals surface area (Å²) in [4.78, 5) is 15.7. The maximum absolute atomic E-state index is 11.6. The number of rotatable bonds is 5. The van der Waals surface area contributed by atoms with E-state index in [9.17, 15) is 4.79 Å². The van der Waals surface area contributed by atoms with Gasteiger partial charge in [0.05, 0.1) is 18.6 Å². The van der Waals surface area contributed by atoms with Crippen LogP contribution < -0.4 is 10.6 Å². The van der Waals surface area contributed by atoms with Gasteiger partial charge in [0, 0.05) is 30.5 Å². The predicted molar refractivity (Wildman–Crippen MR) is 78.3 cm³/mol. The molecule has 104 valence electrons. The van der Waals surface area contributed by atoms with Crippen molar-refractivity contribution in [2.24, 2.45) is 13.0 Å². The van der Waals surface area contributed by atoms with Gasteiger partial charge in [0.25, 0.3) is 0 Å². The van der Waals surface area contributed by atoms with Crippen molar-refractivity contribution < 1.29 is 4.79 Å². The average molecular weight is 270 g/mol. The molecule has 0 aliphatic heterocycles. The number of benzene rings is 1. The Morgan fingerprint density at radius 1 is 1.30 bits per heavy atom. The monoisotopic (exact) mass is 270 g/mol. The maximum Gasteiger partial charge on any atom is 0.227 e. The first-order valence-corrected chi connectivity index (χ1v) is 6.82. The molecule has 1 amide bonds. The van der Waals surface area contributed by atoms with Gasteiger partial charge < -0.3 is 15.2 Å². The lowest BCUT2D eigenvalue weighted by Gasteiger charge is -2.08. The van der Waals surface area contributed by atoms with Gasteiger partial charge in [-0.15, -0.1) is 0 Å². The number of anilines is 2. The van der Waals surface area contributed by atoms with Crippen LogP contribution in [-0.4, -0.2) is 15.5 Å². The first kappa shape index (κ1) is 12.7. The van der Waals surface area contributed by atoms with Gasteiger partial charge in [0.1, 0.15) is 0 Å². The molecule has 0 atom stereocenters. The largest absolute Gasteiger partial charge is 0.379 e. The Morgan fingerprint density at radius 2 is 2.00 bits per heavy atom. The lowest BCUT2D eigenvalue weighted by molar-refractivity contribution is -0.117. The summed E-state index contributed by atoms with van der Waals surface area (Å²) in [6.45, 7) is 0.726. The third-order valence-electron chi connectivity index (χ3n) is 3.49. The first-order chi connectivity index (χ1) is 9.72. The fourth-order valence-corrected chi connectivity index (χ4v) is 2.01. The summed E-state index contributed by atoms with van der Waals surface area (Å²) in [5.41, 5.74) is 3.00. The van der Waals surface area contributed by atoms with E-state index in [0.717, 1.165) is 36.5 Å². The van der Waals surface area contributed by atoms with Crippen LogP contribution in [0.15, 0.2) is 36.8 Å². The van der Waals surface area contributed by atoms with Crippen molar-refractivity contribution in [3.8, 4) is 0 Å². The lowest BCUT2D eigenvalue weighted by Crippen LogP contribution is -2.13. The van der Waals surface area contributed by atoms with Crippen LogP contribution in [0.3, 0.4) is 0 Å². The van der Waals surface area contributed by atoms with Crippen molar-refractivity contribution in [1.82, 2.24) is 9.55 Å². The maximum atomic E-state index is 11.6. The van der Waals surface area contributed by atoms with Crippen molar-refractivity contribution in [1.29, 1.82) is 0 Å². The van der Waals surface area contributed by atoms with Gasteiger partial charge in [-0.05, 0) is 37.1 Å². The van der Waals surface area contributed by atoms with E-state index in [2.05, 4.69) is 15.6 Å². The molecule has 1 saturated carbocycles. The zero-order valence-corrected chi connectivity index (χ0v) is 11.5. The highest BCUT2D eigenvalue weighted by atomic mass is 16.2. The molecule has 1 aliphatic rings. The van der Waals surface area contributed by atoms with E-state index in [0.29, 0.717) is 0 Å². The molecule has 2 aromatic rings. The highest BCUT2D eigenvalue weighted by Crippen LogP contribution is 2.30. The second kappa shape index (κ2) is 5.36. The Hall–Kier alpha value is -2.30. The van der Waals surface area contributed by atoms with E-state index in [-0.39, 0.29) is 11.8 Å². The zero-order chi connectivity index (χ0) is 13.9. The summed E-state index contributed by atoms with van der Waals surface area (Å²) in [7, 11) is 1.97. The van der Waals surface area contributed by atoms with Crippen molar-refractivity contribution in [3.63, 3.8) is 0 Å². The molecule has 20 heavy (non-hydrogen) atoms. The minimum Gasteiger partial charge on any atom is -0.379 e. The molecule has 1 fully saturated rings. The number of aryl methyl sites for hydroxylation is 1. The highest BCUT2D eigenvalue weighted by molar-refractivity contribution is 5.94. The SMILES string of the molecule is Cn1cncc1CNc1ccc(NC(=O)C2CC2)cc1. The molecule has 0 unspecified atom stereocenters. The van der Waals surface area contributed by atoms with E-state index < -0.39 is 0 Å². The van der Waals surface area contributed by atoms with E-state index in [4.69, 9.17) is 0 Å². The second-order valence-electron chi connectivity index (χ2n) is 5.19. The van der Waals surface area contributed by atoms with Crippen LogP contribution in [0, 0.1) is 5.92 Å². The van der Waals surface area contributed by atoms with Gasteiger partial charge in [-0.1, -0.05) is 0 Å². The highest BCUT2D eigenvalue weighted by Gasteiger charge is 2.29. The number of nitrogens with zero attached hydrogens (tertiary/aromatic N) is 2. The van der Waals surface area contributed by atoms with E-state index >= 15 is 0 Å². The minimum atomic E-state index is 0.139. The molecule has 1 aliphatic carbocycles. The molecule has 0 spiro atoms. The van der Waals surface area contributed by atoms with Crippen LogP contribution >= 0.6 is 0 Å². The summed E-state index contributed by atoms with van der Waals surface area (Å²) in [6.07, 6.45) is 5.68. The fraction of sp³-hybridized carbons (Fsp3) is 0.333. The molecule has 5 nitrogen and oxygen atoms in total. The summed E-state index contributed by atoms with van der Waals surface area (Å²) in [5.74, 6) is 0.373. The number of hydrogen-bond donors (Lipinski definition) is 2. The molecule has 1 aromatic carbocycles. The van der Waals surface area contributed by atoms with Crippen molar-refractivity contribution >= 4 is 17.3 Å². The van der Waals surface area contributed by atoms with E-state index in [1.165, 1.54) is 0 Å². The van der Waals surface area contributed by atoms with Gasteiger partial charge in [-0.25, -0.2) is 4.98 Å². The number of carbonyl (C=O) groups excluding carboxylic acids is 1. The zero-order valence-electron chi connectivity index (χ0n) is 11.5. The van der Waals surface area contributed by atoms with Crippen LogP contribution in [-0.2, 0) is 18.4 Å². The van der Waals surface area contributed by atoms with Crippen molar-refractivity contribution in [3.05, 3.63) is 42.5 Å². The average Bonchev–Trinajstić information content (AvgIpc) is 3.22. The van der Waals surface area contributed by atoms with E-state index in [1.807, 2.05) is 42.1 Å².